The smallest absolute Gasteiger partial charge is 0.407 e. The van der Waals surface area contributed by atoms with Crippen molar-refractivity contribution >= 4 is 29.0 Å². The first-order valence-electron chi connectivity index (χ1n) is 14.5. The van der Waals surface area contributed by atoms with E-state index in [1.165, 1.54) is 17.2 Å². The molecule has 1 aromatic carbocycles. The summed E-state index contributed by atoms with van der Waals surface area (Å²) in [7, 11) is 0. The van der Waals surface area contributed by atoms with Gasteiger partial charge in [0.2, 0.25) is 0 Å². The highest BCUT2D eigenvalue weighted by atomic mass is 16.6. The molecule has 2 fully saturated rings. The van der Waals surface area contributed by atoms with Gasteiger partial charge in [-0.1, -0.05) is 44.2 Å². The van der Waals surface area contributed by atoms with E-state index >= 15 is 0 Å². The summed E-state index contributed by atoms with van der Waals surface area (Å²) in [6, 6.07) is 9.36. The van der Waals surface area contributed by atoms with Crippen LogP contribution in [0, 0.1) is 5.41 Å². The van der Waals surface area contributed by atoms with Gasteiger partial charge in [-0.3, -0.25) is 9.36 Å². The third kappa shape index (κ3) is 4.94. The Kier molecular flexibility index (Phi) is 8.77. The molecule has 1 aliphatic heterocycles. The van der Waals surface area contributed by atoms with Gasteiger partial charge < -0.3 is 45.5 Å². The number of hydrogen-bond acceptors (Lipinski definition) is 12. The summed E-state index contributed by atoms with van der Waals surface area (Å²) in [6.45, 7) is 6.49. The highest BCUT2D eigenvalue weighted by molar-refractivity contribution is 5.90. The maximum atomic E-state index is 13.6. The first kappa shape index (κ1) is 31.5. The number of amides is 2. The predicted molar refractivity (Wildman–Crippen MR) is 156 cm³/mol. The summed E-state index contributed by atoms with van der Waals surface area (Å²) in [5, 5.41) is 29.4. The van der Waals surface area contributed by atoms with Crippen LogP contribution in [0.5, 0.6) is 0 Å². The fourth-order valence-electron chi connectivity index (χ4n) is 6.24. The quantitative estimate of drug-likeness (QED) is 0.159. The summed E-state index contributed by atoms with van der Waals surface area (Å²) in [5.41, 5.74) is 0.600. The molecule has 0 bridgehead atoms. The normalized spacial score (nSPS) is 26.7. The van der Waals surface area contributed by atoms with Gasteiger partial charge in [-0.15, -0.1) is 0 Å². The lowest BCUT2D eigenvalue weighted by atomic mass is 9.84. The van der Waals surface area contributed by atoms with E-state index in [-0.39, 0.29) is 58.4 Å². The summed E-state index contributed by atoms with van der Waals surface area (Å²) in [6.07, 6.45) is 0.849. The first-order valence-corrected chi connectivity index (χ1v) is 14.5. The number of alkyl carbamates (subject to hydrolysis) is 1. The van der Waals surface area contributed by atoms with Gasteiger partial charge in [-0.2, -0.15) is 0 Å². The highest BCUT2D eigenvalue weighted by Crippen LogP contribution is 2.79. The number of aromatic nitrogens is 4. The Balaban J connectivity index is 1.16. The minimum atomic E-state index is -1.97. The molecule has 15 nitrogen and oxygen atoms in total. The number of fused-ring (bicyclic) bond motifs is 2. The van der Waals surface area contributed by atoms with Crippen molar-refractivity contribution in [3.05, 3.63) is 48.5 Å². The molecule has 44 heavy (non-hydrogen) atoms. The Morgan fingerprint density at radius 1 is 1.05 bits per heavy atom. The van der Waals surface area contributed by atoms with Crippen molar-refractivity contribution in [2.45, 2.75) is 56.8 Å². The molecule has 1 saturated carbocycles. The van der Waals surface area contributed by atoms with Crippen molar-refractivity contribution in [1.82, 2.24) is 30.2 Å². The van der Waals surface area contributed by atoms with E-state index in [1.54, 1.807) is 20.8 Å². The number of nitrogens with one attached hydrogen (secondary N) is 2. The summed E-state index contributed by atoms with van der Waals surface area (Å²) < 4.78 is 24.2. The Morgan fingerprint density at radius 2 is 1.77 bits per heavy atom. The van der Waals surface area contributed by atoms with Gasteiger partial charge in [0.25, 0.3) is 5.91 Å². The second-order valence-corrected chi connectivity index (χ2v) is 11.3. The minimum Gasteiger partial charge on any atom is -0.445 e. The van der Waals surface area contributed by atoms with Crippen LogP contribution in [0.1, 0.15) is 39.0 Å². The Hall–Kier alpha value is -3.89. The second kappa shape index (κ2) is 12.2. The van der Waals surface area contributed by atoms with Crippen LogP contribution in [0.3, 0.4) is 0 Å². The number of likely N-dealkylation sites (N-methyl/N-ethyl adjacent to an activating group) is 1. The summed E-state index contributed by atoms with van der Waals surface area (Å²) in [5.74, 6) is -0.425. The number of imidazole rings is 1. The Labute approximate surface area is 254 Å². The van der Waals surface area contributed by atoms with Crippen LogP contribution >= 0.6 is 0 Å². The fourth-order valence-corrected chi connectivity index (χ4v) is 6.24. The molecule has 2 aliphatic rings. The first-order chi connectivity index (χ1) is 21.0. The third-order valence-electron chi connectivity index (χ3n) is 8.64. The largest absolute Gasteiger partial charge is 0.445 e. The van der Waals surface area contributed by atoms with Crippen LogP contribution in [0.15, 0.2) is 43.0 Å². The number of nitrogens with two attached hydrogens (primary N) is 1. The van der Waals surface area contributed by atoms with E-state index in [2.05, 4.69) is 25.6 Å². The maximum absolute atomic E-state index is 13.6. The standard InChI is InChI=1S/C29H39N7O8/c1-4-31-23(37)27(10-12-41-14-15-42-13-11-32-25(38)43-16-19-8-6-5-7-9-19)29(40)26(2,3)28(29,39)24(44-27)36-18-35-20-21(30)33-17-34-22(20)36/h5-9,17-18,24,39-40H,4,10-16H2,1-3H3,(H,31,37)(H,32,38)(H2,30,33,34)/t24-,27-,28-,29-/m1/s1. The molecule has 0 spiro atoms. The van der Waals surface area contributed by atoms with Crippen LogP contribution in [0.2, 0.25) is 0 Å². The molecule has 4 atom stereocenters. The number of rotatable bonds is 14. The number of hydrogen-bond donors (Lipinski definition) is 5. The molecule has 1 saturated heterocycles. The molecule has 2 amide bonds. The lowest BCUT2D eigenvalue weighted by molar-refractivity contribution is -0.190. The van der Waals surface area contributed by atoms with Crippen molar-refractivity contribution in [3.8, 4) is 0 Å². The zero-order chi connectivity index (χ0) is 31.6. The van der Waals surface area contributed by atoms with E-state index in [1.807, 2.05) is 30.3 Å². The highest BCUT2D eigenvalue weighted by Gasteiger charge is 2.98. The number of nitrogens with zero attached hydrogens (tertiary/aromatic N) is 4. The van der Waals surface area contributed by atoms with Crippen LogP contribution < -0.4 is 16.4 Å². The lowest BCUT2D eigenvalue weighted by Crippen LogP contribution is -2.59. The average molecular weight is 614 g/mol. The van der Waals surface area contributed by atoms with Gasteiger partial charge in [0.1, 0.15) is 24.1 Å². The number of ether oxygens (including phenoxy) is 4. The van der Waals surface area contributed by atoms with E-state index in [9.17, 15) is 19.8 Å². The number of carbonyl (C=O) groups is 2. The Morgan fingerprint density at radius 3 is 2.50 bits per heavy atom. The van der Waals surface area contributed by atoms with Crippen molar-refractivity contribution in [2.24, 2.45) is 5.41 Å². The van der Waals surface area contributed by atoms with Crippen LogP contribution in [-0.4, -0.2) is 98.1 Å². The van der Waals surface area contributed by atoms with E-state index < -0.39 is 40.4 Å². The van der Waals surface area contributed by atoms with Crippen molar-refractivity contribution in [3.63, 3.8) is 0 Å². The molecule has 1 aliphatic carbocycles. The molecule has 15 heteroatoms. The zero-order valence-corrected chi connectivity index (χ0v) is 25.0. The fraction of sp³-hybridized carbons (Fsp3) is 0.552. The molecule has 5 rings (SSSR count). The molecular weight excluding hydrogens is 574 g/mol. The maximum Gasteiger partial charge on any atom is 0.407 e. The summed E-state index contributed by atoms with van der Waals surface area (Å²) >= 11 is 0. The van der Waals surface area contributed by atoms with Gasteiger partial charge >= 0.3 is 6.09 Å². The van der Waals surface area contributed by atoms with Crippen molar-refractivity contribution < 1.29 is 38.7 Å². The van der Waals surface area contributed by atoms with Crippen LogP contribution in [0.4, 0.5) is 10.6 Å². The van der Waals surface area contributed by atoms with Gasteiger partial charge in [-0.25, -0.2) is 19.7 Å². The van der Waals surface area contributed by atoms with Gasteiger partial charge in [-0.05, 0) is 12.5 Å². The molecule has 0 unspecified atom stereocenters. The van der Waals surface area contributed by atoms with E-state index in [0.29, 0.717) is 11.2 Å². The third-order valence-corrected chi connectivity index (χ3v) is 8.64. The molecular formula is C29H39N7O8. The molecule has 2 aromatic heterocycles. The number of aliphatic hydroxyl groups is 2. The lowest BCUT2D eigenvalue weighted by Gasteiger charge is -2.37. The van der Waals surface area contributed by atoms with Crippen molar-refractivity contribution in [1.29, 1.82) is 0 Å². The topological polar surface area (TPSA) is 205 Å². The second-order valence-electron chi connectivity index (χ2n) is 11.3. The molecule has 3 aromatic rings. The monoisotopic (exact) mass is 613 g/mol. The zero-order valence-electron chi connectivity index (χ0n) is 25.0. The molecule has 3 heterocycles. The Bertz CT molecular complexity index is 1490. The SMILES string of the molecule is CCNC(=O)[C@@]1(CCOCCOCCNC(=O)OCc2ccccc2)O[C@@H](n2cnc3c(N)ncnc32)[C@@]2(O)C(C)(C)[C@]21O. The molecule has 0 radical (unpaired) electrons. The number of nitrogen functional groups attached to an aromatic ring is 1. The summed E-state index contributed by atoms with van der Waals surface area (Å²) in [4.78, 5) is 37.9. The van der Waals surface area contributed by atoms with Gasteiger partial charge in [0, 0.05) is 24.9 Å². The molecule has 6 N–H and O–H groups in total. The van der Waals surface area contributed by atoms with E-state index in [0.717, 1.165) is 5.56 Å². The van der Waals surface area contributed by atoms with E-state index in [4.69, 9.17) is 24.7 Å². The van der Waals surface area contributed by atoms with Gasteiger partial charge in [0.05, 0.1) is 32.8 Å². The minimum absolute atomic E-state index is 0.0194. The predicted octanol–water partition coefficient (Wildman–Crippen LogP) is 0.664. The number of benzene rings is 1. The van der Waals surface area contributed by atoms with Crippen molar-refractivity contribution in [2.75, 3.05) is 45.3 Å². The number of anilines is 1. The molecule has 238 valence electrons. The van der Waals surface area contributed by atoms with Crippen LogP contribution in [-0.2, 0) is 30.3 Å². The average Bonchev–Trinajstić information content (AvgIpc) is 3.34. The van der Waals surface area contributed by atoms with Gasteiger partial charge in [0.15, 0.2) is 28.9 Å². The number of carbonyl (C=O) groups excluding carboxylic acids is 2. The van der Waals surface area contributed by atoms with Crippen LogP contribution in [0.25, 0.3) is 11.2 Å².